The molecule has 2 unspecified atom stereocenters. The minimum absolute atomic E-state index is 0.0000430. The Labute approximate surface area is 267 Å². The summed E-state index contributed by atoms with van der Waals surface area (Å²) in [4.78, 5) is 17.9. The zero-order chi connectivity index (χ0) is 30.6. The molecule has 5 aliphatic rings. The third-order valence-electron chi connectivity index (χ3n) is 10.3. The monoisotopic (exact) mass is 596 g/mol. The fourth-order valence-electron chi connectivity index (χ4n) is 7.50. The number of aliphatic imine (C=N–C) groups is 1. The average Bonchev–Trinajstić information content (AvgIpc) is 3.85. The van der Waals surface area contributed by atoms with Crippen LogP contribution in [0.5, 0.6) is 5.75 Å². The van der Waals surface area contributed by atoms with Gasteiger partial charge in [0.25, 0.3) is 5.91 Å². The molecule has 1 amide bonds. The molecule has 45 heavy (non-hydrogen) atoms. The Bertz CT molecular complexity index is 1650. The Morgan fingerprint density at radius 2 is 1.73 bits per heavy atom. The van der Waals surface area contributed by atoms with Crippen molar-refractivity contribution in [2.45, 2.75) is 82.6 Å². The topological polar surface area (TPSA) is 61.7 Å². The van der Waals surface area contributed by atoms with Gasteiger partial charge in [0.05, 0.1) is 6.04 Å². The maximum absolute atomic E-state index is 13.0. The van der Waals surface area contributed by atoms with Gasteiger partial charge in [-0.25, -0.2) is 0 Å². The highest BCUT2D eigenvalue weighted by Gasteiger charge is 2.33. The molecule has 4 aliphatic carbocycles. The van der Waals surface area contributed by atoms with Gasteiger partial charge in [-0.15, -0.1) is 5.73 Å². The smallest absolute Gasteiger partial charge is 0.251 e. The summed E-state index contributed by atoms with van der Waals surface area (Å²) in [5, 5.41) is 13.8. The summed E-state index contributed by atoms with van der Waals surface area (Å²) >= 11 is 0. The number of phenols is 1. The SMILES string of the molecule is O=C(NCC1=CC=CC(CC/C2=C/C(c3ccccc3O)=C=CC3=C(C4CC4)C=NC3C2)C1)c1ccc(C2CCCCC2)cc1. The number of amides is 1. The maximum Gasteiger partial charge on any atom is 0.251 e. The molecule has 1 aliphatic heterocycles. The van der Waals surface area contributed by atoms with E-state index in [2.05, 4.69) is 59.8 Å². The first kappa shape index (κ1) is 29.6. The van der Waals surface area contributed by atoms with Crippen molar-refractivity contribution in [2.75, 3.05) is 6.54 Å². The van der Waals surface area contributed by atoms with Crippen LogP contribution in [0.25, 0.3) is 5.57 Å². The van der Waals surface area contributed by atoms with Crippen LogP contribution < -0.4 is 5.32 Å². The van der Waals surface area contributed by atoms with Crippen molar-refractivity contribution < 1.29 is 9.90 Å². The molecule has 2 aromatic carbocycles. The summed E-state index contributed by atoms with van der Waals surface area (Å²) < 4.78 is 0. The van der Waals surface area contributed by atoms with Crippen LogP contribution in [-0.4, -0.2) is 29.8 Å². The number of benzene rings is 2. The molecule has 2 N–H and O–H groups in total. The van der Waals surface area contributed by atoms with Crippen LogP contribution >= 0.6 is 0 Å². The van der Waals surface area contributed by atoms with E-state index in [1.165, 1.54) is 72.8 Å². The second-order valence-electron chi connectivity index (χ2n) is 13.6. The molecule has 0 bridgehead atoms. The Morgan fingerprint density at radius 3 is 2.53 bits per heavy atom. The molecule has 2 fully saturated rings. The number of hydrogen-bond donors (Lipinski definition) is 2. The molecule has 4 heteroatoms. The molecular weight excluding hydrogens is 552 g/mol. The van der Waals surface area contributed by atoms with Crippen molar-refractivity contribution in [3.05, 3.63) is 124 Å². The number of nitrogens with zero attached hydrogens (tertiary/aromatic N) is 1. The standard InChI is InChI=1S/C41H44N2O2/c44-40-12-5-4-11-36(40)35-21-22-37-38(33-17-18-33)27-42-39(37)25-29(24-35)14-13-28-7-6-8-30(23-28)26-43-41(45)34-19-15-32(16-20-34)31-9-2-1-3-10-31/h4-8,11-12,15-16,19-20,22,24,27-28,31,33,39,44H,1-3,9-10,13-14,17-18,23,25-26H2,(H,43,45)/b29-24-. The number of carbonyl (C=O) groups is 1. The van der Waals surface area contributed by atoms with Gasteiger partial charge in [-0.1, -0.05) is 79.0 Å². The summed E-state index contributed by atoms with van der Waals surface area (Å²) in [5.74, 6) is 2.00. The lowest BCUT2D eigenvalue weighted by atomic mass is 9.84. The van der Waals surface area contributed by atoms with Crippen LogP contribution in [0.4, 0.5) is 0 Å². The van der Waals surface area contributed by atoms with Crippen LogP contribution in [0.15, 0.2) is 112 Å². The van der Waals surface area contributed by atoms with Crippen LogP contribution in [0.3, 0.4) is 0 Å². The number of fused-ring (bicyclic) bond motifs is 1. The summed E-state index contributed by atoms with van der Waals surface area (Å²) in [5.41, 5.74) is 12.7. The number of phenolic OH excluding ortho intramolecular Hbond substituents is 1. The lowest BCUT2D eigenvalue weighted by Gasteiger charge is -2.22. The van der Waals surface area contributed by atoms with Gasteiger partial charge >= 0.3 is 0 Å². The van der Waals surface area contributed by atoms with E-state index in [9.17, 15) is 9.90 Å². The molecular formula is C41H44N2O2. The first-order valence-corrected chi connectivity index (χ1v) is 17.1. The largest absolute Gasteiger partial charge is 0.507 e. The Morgan fingerprint density at radius 1 is 0.911 bits per heavy atom. The van der Waals surface area contributed by atoms with Crippen LogP contribution in [0.2, 0.25) is 0 Å². The lowest BCUT2D eigenvalue weighted by Crippen LogP contribution is -2.26. The van der Waals surface area contributed by atoms with Crippen LogP contribution in [0.1, 0.15) is 98.0 Å². The number of allylic oxidation sites excluding steroid dienone is 5. The number of carbonyl (C=O) groups excluding carboxylic acids is 1. The van der Waals surface area contributed by atoms with Gasteiger partial charge in [0.1, 0.15) is 5.75 Å². The number of para-hydroxylation sites is 1. The van der Waals surface area contributed by atoms with E-state index >= 15 is 0 Å². The lowest BCUT2D eigenvalue weighted by molar-refractivity contribution is 0.0956. The summed E-state index contributed by atoms with van der Waals surface area (Å²) in [6.07, 6.45) is 25.9. The third-order valence-corrected chi connectivity index (χ3v) is 10.3. The third kappa shape index (κ3) is 7.08. The average molecular weight is 597 g/mol. The molecule has 7 rings (SSSR count). The summed E-state index contributed by atoms with van der Waals surface area (Å²) in [7, 11) is 0. The minimum Gasteiger partial charge on any atom is -0.507 e. The van der Waals surface area contributed by atoms with Gasteiger partial charge in [0.15, 0.2) is 0 Å². The zero-order valence-corrected chi connectivity index (χ0v) is 26.2. The van der Waals surface area contributed by atoms with Crippen molar-refractivity contribution >= 4 is 17.7 Å². The number of nitrogens with one attached hydrogen (secondary N) is 1. The minimum atomic E-state index is -0.0000430. The van der Waals surface area contributed by atoms with Crippen molar-refractivity contribution in [3.8, 4) is 5.75 Å². The van der Waals surface area contributed by atoms with Gasteiger partial charge in [0.2, 0.25) is 0 Å². The van der Waals surface area contributed by atoms with Gasteiger partial charge in [-0.05, 0) is 116 Å². The highest BCUT2D eigenvalue weighted by molar-refractivity contribution is 5.94. The van der Waals surface area contributed by atoms with Crippen molar-refractivity contribution in [3.63, 3.8) is 0 Å². The molecule has 2 saturated carbocycles. The predicted molar refractivity (Wildman–Crippen MR) is 183 cm³/mol. The Kier molecular flexibility index (Phi) is 8.85. The quantitative estimate of drug-likeness (QED) is 0.284. The fraction of sp³-hybridized carbons (Fsp3) is 0.390. The van der Waals surface area contributed by atoms with E-state index in [0.29, 0.717) is 24.3 Å². The van der Waals surface area contributed by atoms with E-state index in [4.69, 9.17) is 4.99 Å². The molecule has 0 saturated heterocycles. The van der Waals surface area contributed by atoms with E-state index in [-0.39, 0.29) is 17.7 Å². The molecule has 0 spiro atoms. The molecule has 2 atom stereocenters. The van der Waals surface area contributed by atoms with Gasteiger partial charge < -0.3 is 10.4 Å². The van der Waals surface area contributed by atoms with Crippen LogP contribution in [0, 0.1) is 11.8 Å². The van der Waals surface area contributed by atoms with Gasteiger partial charge in [-0.3, -0.25) is 9.79 Å². The predicted octanol–water partition coefficient (Wildman–Crippen LogP) is 9.18. The van der Waals surface area contributed by atoms with Crippen molar-refractivity contribution in [1.82, 2.24) is 5.32 Å². The maximum atomic E-state index is 13.0. The second kappa shape index (κ2) is 13.5. The summed E-state index contributed by atoms with van der Waals surface area (Å²) in [6.45, 7) is 0.576. The Hall–Kier alpha value is -4.14. The van der Waals surface area contributed by atoms with E-state index < -0.39 is 0 Å². The van der Waals surface area contributed by atoms with E-state index in [0.717, 1.165) is 42.4 Å². The molecule has 0 aromatic heterocycles. The van der Waals surface area contributed by atoms with E-state index in [1.807, 2.05) is 30.3 Å². The fourth-order valence-corrected chi connectivity index (χ4v) is 7.50. The number of hydrogen-bond acceptors (Lipinski definition) is 3. The number of rotatable bonds is 9. The molecule has 0 radical (unpaired) electrons. The first-order chi connectivity index (χ1) is 22.1. The molecule has 2 aromatic rings. The highest BCUT2D eigenvalue weighted by Crippen LogP contribution is 2.43. The summed E-state index contributed by atoms with van der Waals surface area (Å²) in [6, 6.07) is 16.0. The van der Waals surface area contributed by atoms with Gasteiger partial charge in [-0.2, -0.15) is 0 Å². The van der Waals surface area contributed by atoms with E-state index in [1.54, 1.807) is 6.07 Å². The first-order valence-electron chi connectivity index (χ1n) is 17.1. The zero-order valence-electron chi connectivity index (χ0n) is 26.2. The molecule has 1 heterocycles. The second-order valence-corrected chi connectivity index (χ2v) is 13.6. The Balaban J connectivity index is 0.978. The van der Waals surface area contributed by atoms with Crippen molar-refractivity contribution in [2.24, 2.45) is 16.8 Å². The normalized spacial score (nSPS) is 24.3. The highest BCUT2D eigenvalue weighted by atomic mass is 16.3. The van der Waals surface area contributed by atoms with Gasteiger partial charge in [0, 0.05) is 29.5 Å². The van der Waals surface area contributed by atoms with Crippen molar-refractivity contribution in [1.29, 1.82) is 0 Å². The molecule has 230 valence electrons. The molecule has 4 nitrogen and oxygen atoms in total. The van der Waals surface area contributed by atoms with Crippen LogP contribution in [-0.2, 0) is 0 Å². The number of aromatic hydroxyl groups is 1.